The van der Waals surface area contributed by atoms with Gasteiger partial charge in [0.15, 0.2) is 0 Å². The zero-order valence-electron chi connectivity index (χ0n) is 37.6. The maximum Gasteiger partial charge on any atom is 0.333 e. The van der Waals surface area contributed by atoms with Gasteiger partial charge in [-0.25, -0.2) is 0 Å². The summed E-state index contributed by atoms with van der Waals surface area (Å²) in [6, 6.07) is 92.8. The molecule has 2 nitrogen and oxygen atoms in total. The third kappa shape index (κ3) is 5.56. The molecule has 0 radical (unpaired) electrons. The van der Waals surface area contributed by atoms with Gasteiger partial charge in [0.05, 0.1) is 0 Å². The van der Waals surface area contributed by atoms with E-state index in [0.717, 1.165) is 5.69 Å². The van der Waals surface area contributed by atoms with E-state index in [1.807, 2.05) is 0 Å². The van der Waals surface area contributed by atoms with Gasteiger partial charge in [-0.15, -0.1) is 0 Å². The highest BCUT2D eigenvalue weighted by Gasteiger charge is 2.44. The van der Waals surface area contributed by atoms with Gasteiger partial charge >= 0.3 is 6.85 Å². The van der Waals surface area contributed by atoms with Crippen LogP contribution in [0.1, 0.15) is 0 Å². The Morgan fingerprint density at radius 2 is 0.812 bits per heavy atom. The Morgan fingerprint density at radius 3 is 1.43 bits per heavy atom. The molecule has 0 bridgehead atoms. The van der Waals surface area contributed by atoms with Gasteiger partial charge in [-0.3, -0.25) is 0 Å². The van der Waals surface area contributed by atoms with Gasteiger partial charge in [0.1, 0.15) is 0 Å². The van der Waals surface area contributed by atoms with Crippen LogP contribution in [-0.4, -0.2) is 11.3 Å². The monoisotopic (exact) mass is 872 g/mol. The van der Waals surface area contributed by atoms with E-state index in [1.165, 1.54) is 132 Å². The summed E-state index contributed by atoms with van der Waals surface area (Å²) < 4.78 is 2.69. The first-order valence-electron chi connectivity index (χ1n) is 24.0. The fourth-order valence-electron chi connectivity index (χ4n) is 12.3. The van der Waals surface area contributed by atoms with E-state index in [1.54, 1.807) is 0 Å². The molecule has 0 saturated heterocycles. The van der Waals surface area contributed by atoms with Crippen molar-refractivity contribution in [2.24, 2.45) is 0 Å². The van der Waals surface area contributed by atoms with E-state index in [0.29, 0.717) is 0 Å². The molecule has 13 aromatic rings. The van der Waals surface area contributed by atoms with Crippen LogP contribution in [0, 0.1) is 0 Å². The van der Waals surface area contributed by atoms with Crippen LogP contribution in [0.4, 0.5) is 17.1 Å². The summed E-state index contributed by atoms with van der Waals surface area (Å²) in [7, 11) is 0. The first-order valence-corrected chi connectivity index (χ1v) is 24.0. The van der Waals surface area contributed by atoms with E-state index in [9.17, 15) is 0 Å². The SMILES string of the molecule is c1ccc(-c2cc(-c3ccccc3)cc(N3c4cc5c(-c6ccccc6)c6ccccc6c(-c6ccccc6)c5cc4B4c5c3cc3ccccc3c5-c3cccc5c6ccccc6n4c35)c2)cc1. The van der Waals surface area contributed by atoms with Crippen molar-refractivity contribution in [3.8, 4) is 55.6 Å². The number of rotatable bonds is 5. The maximum atomic E-state index is 2.69. The van der Waals surface area contributed by atoms with Crippen LogP contribution < -0.4 is 15.8 Å². The Balaban J connectivity index is 1.17. The second kappa shape index (κ2) is 14.8. The molecule has 0 aliphatic carbocycles. The second-order valence-electron chi connectivity index (χ2n) is 18.7. The molecule has 2 aliphatic heterocycles. The summed E-state index contributed by atoms with van der Waals surface area (Å²) >= 11 is 0. The van der Waals surface area contributed by atoms with Crippen molar-refractivity contribution in [1.29, 1.82) is 0 Å². The molecule has 15 rings (SSSR count). The maximum absolute atomic E-state index is 2.69. The normalized spacial score (nSPS) is 12.6. The lowest BCUT2D eigenvalue weighted by atomic mass is 9.44. The molecule has 0 N–H and O–H groups in total. The van der Waals surface area contributed by atoms with Crippen LogP contribution in [0.2, 0.25) is 0 Å². The number of anilines is 3. The van der Waals surface area contributed by atoms with E-state index < -0.39 is 0 Å². The molecule has 0 amide bonds. The Kier molecular flexibility index (Phi) is 8.19. The standard InChI is InChI=1S/C66H41BN2/c1-5-20-42(21-6-1)47-36-48(43-22-7-2-8-23-43)38-49(37-47)68-60-41-57-56(62(44-24-9-3-10-25-44)52-31-15-16-32-53(52)63(57)45-26-11-4-12-27-45)40-58(60)67-65-61(68)39-46-28-13-14-29-50(46)64(65)55-34-19-33-54-51-30-17-18-35-59(51)69(67)66(54)55/h1-41H. The Bertz CT molecular complexity index is 4180. The van der Waals surface area contributed by atoms with Crippen molar-refractivity contribution < 1.29 is 0 Å². The Labute approximate surface area is 400 Å². The van der Waals surface area contributed by atoms with E-state index in [4.69, 9.17) is 0 Å². The van der Waals surface area contributed by atoms with Gasteiger partial charge in [0.2, 0.25) is 0 Å². The van der Waals surface area contributed by atoms with Crippen LogP contribution in [-0.2, 0) is 0 Å². The molecular weight excluding hydrogens is 832 g/mol. The summed E-state index contributed by atoms with van der Waals surface area (Å²) in [6.07, 6.45) is 0. The van der Waals surface area contributed by atoms with Crippen LogP contribution in [0.15, 0.2) is 249 Å². The molecule has 0 unspecified atom stereocenters. The number of hydrogen-bond donors (Lipinski definition) is 0. The molecule has 3 heteroatoms. The number of nitrogens with zero attached hydrogens (tertiary/aromatic N) is 2. The second-order valence-corrected chi connectivity index (χ2v) is 18.7. The first-order chi connectivity index (χ1) is 34.3. The molecule has 3 heterocycles. The molecule has 1 aromatic heterocycles. The fourth-order valence-corrected chi connectivity index (χ4v) is 12.3. The lowest BCUT2D eigenvalue weighted by Crippen LogP contribution is -2.56. The van der Waals surface area contributed by atoms with Crippen molar-refractivity contribution in [1.82, 2.24) is 4.48 Å². The molecule has 0 fully saturated rings. The van der Waals surface area contributed by atoms with Crippen LogP contribution in [0.5, 0.6) is 0 Å². The molecule has 69 heavy (non-hydrogen) atoms. The highest BCUT2D eigenvalue weighted by Crippen LogP contribution is 2.51. The smallest absolute Gasteiger partial charge is 0.333 e. The van der Waals surface area contributed by atoms with Crippen molar-refractivity contribution in [3.63, 3.8) is 0 Å². The van der Waals surface area contributed by atoms with Crippen LogP contribution in [0.3, 0.4) is 0 Å². The van der Waals surface area contributed by atoms with Gasteiger partial charge in [-0.2, -0.15) is 0 Å². The number of fused-ring (bicyclic) bond motifs is 11. The van der Waals surface area contributed by atoms with Crippen molar-refractivity contribution in [2.45, 2.75) is 0 Å². The number of para-hydroxylation sites is 2. The van der Waals surface area contributed by atoms with E-state index in [2.05, 4.69) is 258 Å². The lowest BCUT2D eigenvalue weighted by molar-refractivity contribution is 1.26. The number of hydrogen-bond acceptors (Lipinski definition) is 1. The van der Waals surface area contributed by atoms with E-state index >= 15 is 0 Å². The highest BCUT2D eigenvalue weighted by atomic mass is 15.2. The van der Waals surface area contributed by atoms with Gasteiger partial charge < -0.3 is 9.38 Å². The van der Waals surface area contributed by atoms with Gasteiger partial charge in [-0.1, -0.05) is 212 Å². The summed E-state index contributed by atoms with van der Waals surface area (Å²) in [5, 5.41) is 10.0. The minimum absolute atomic E-state index is 0.131. The third-order valence-electron chi connectivity index (χ3n) is 15.1. The fraction of sp³-hybridized carbons (Fsp3) is 0. The Hall–Kier alpha value is -8.92. The quantitative estimate of drug-likeness (QED) is 0.124. The molecule has 0 saturated carbocycles. The topological polar surface area (TPSA) is 8.17 Å². The molecular formula is C66H41BN2. The third-order valence-corrected chi connectivity index (χ3v) is 15.1. The predicted molar refractivity (Wildman–Crippen MR) is 294 cm³/mol. The summed E-state index contributed by atoms with van der Waals surface area (Å²) in [5.41, 5.74) is 20.9. The lowest BCUT2D eigenvalue weighted by Gasteiger charge is -2.41. The van der Waals surface area contributed by atoms with Crippen LogP contribution >= 0.6 is 0 Å². The highest BCUT2D eigenvalue weighted by molar-refractivity contribution is 6.90. The van der Waals surface area contributed by atoms with Crippen molar-refractivity contribution in [3.05, 3.63) is 249 Å². The van der Waals surface area contributed by atoms with Gasteiger partial charge in [0.25, 0.3) is 0 Å². The van der Waals surface area contributed by atoms with Crippen LogP contribution in [0.25, 0.3) is 110 Å². The zero-order valence-corrected chi connectivity index (χ0v) is 37.6. The van der Waals surface area contributed by atoms with E-state index in [-0.39, 0.29) is 6.85 Å². The van der Waals surface area contributed by atoms with Gasteiger partial charge in [0, 0.05) is 44.4 Å². The molecule has 318 valence electrons. The minimum Gasteiger partial charge on any atom is -0.375 e. The summed E-state index contributed by atoms with van der Waals surface area (Å²) in [4.78, 5) is 2.62. The molecule has 2 aliphatic rings. The average molecular weight is 873 g/mol. The van der Waals surface area contributed by atoms with Crippen molar-refractivity contribution in [2.75, 3.05) is 4.90 Å². The largest absolute Gasteiger partial charge is 0.375 e. The summed E-state index contributed by atoms with van der Waals surface area (Å²) in [5.74, 6) is 0. The van der Waals surface area contributed by atoms with Crippen molar-refractivity contribution >= 4 is 89.0 Å². The predicted octanol–water partition coefficient (Wildman–Crippen LogP) is 16.3. The molecule has 0 atom stereocenters. The number of benzene rings is 12. The minimum atomic E-state index is -0.131. The zero-order chi connectivity index (χ0) is 45.2. The van der Waals surface area contributed by atoms with Gasteiger partial charge in [-0.05, 0) is 130 Å². The average Bonchev–Trinajstić information content (AvgIpc) is 3.76. The number of aromatic nitrogens is 1. The first kappa shape index (κ1) is 38.2. The summed E-state index contributed by atoms with van der Waals surface area (Å²) in [6.45, 7) is -0.131. The Morgan fingerprint density at radius 1 is 0.304 bits per heavy atom. The molecule has 0 spiro atoms. The molecule has 12 aromatic carbocycles.